The van der Waals surface area contributed by atoms with Gasteiger partial charge in [-0.3, -0.25) is 0 Å². The van der Waals surface area contributed by atoms with E-state index in [4.69, 9.17) is 0 Å². The Kier molecular flexibility index (Phi) is 5.15. The Balaban J connectivity index is 1.97. The Hall–Kier alpha value is -1.54. The second-order valence-electron chi connectivity index (χ2n) is 5.08. The average Bonchev–Trinajstić information content (AvgIpc) is 3.08. The summed E-state index contributed by atoms with van der Waals surface area (Å²) in [5.74, 6) is -0.362. The van der Waals surface area contributed by atoms with E-state index in [1.54, 1.807) is 24.3 Å². The van der Waals surface area contributed by atoms with Crippen LogP contribution in [-0.2, 0) is 10.0 Å². The standard InChI is InChI=1S/C17H13BrFNO2S2/c18-13-5-9-15(10-6-13)24(21,22)20-17(16-2-1-11-23-16)12-3-7-14(19)8-4-12/h1-11,17,20H/t17-/m1/s1. The largest absolute Gasteiger partial charge is 0.241 e. The van der Waals surface area contributed by atoms with Crippen LogP contribution in [0.3, 0.4) is 0 Å². The number of benzene rings is 2. The van der Waals surface area contributed by atoms with Gasteiger partial charge in [0.1, 0.15) is 5.82 Å². The molecule has 124 valence electrons. The first-order valence-electron chi connectivity index (χ1n) is 7.02. The van der Waals surface area contributed by atoms with Crippen molar-refractivity contribution in [3.63, 3.8) is 0 Å². The molecule has 0 unspecified atom stereocenters. The van der Waals surface area contributed by atoms with E-state index >= 15 is 0 Å². The number of nitrogens with one attached hydrogen (secondary N) is 1. The van der Waals surface area contributed by atoms with Crippen LogP contribution in [0, 0.1) is 5.82 Å². The molecule has 0 radical (unpaired) electrons. The lowest BCUT2D eigenvalue weighted by Gasteiger charge is -2.18. The summed E-state index contributed by atoms with van der Waals surface area (Å²) < 4.78 is 42.1. The summed E-state index contributed by atoms with van der Waals surface area (Å²) in [6.45, 7) is 0. The molecule has 0 fully saturated rings. The van der Waals surface area contributed by atoms with E-state index in [1.165, 1.54) is 35.6 Å². The van der Waals surface area contributed by atoms with Crippen LogP contribution < -0.4 is 4.72 Å². The van der Waals surface area contributed by atoms with Crippen molar-refractivity contribution in [2.75, 3.05) is 0 Å². The summed E-state index contributed by atoms with van der Waals surface area (Å²) in [5.41, 5.74) is 0.680. The molecule has 24 heavy (non-hydrogen) atoms. The summed E-state index contributed by atoms with van der Waals surface area (Å²) in [5, 5.41) is 1.87. The predicted octanol–water partition coefficient (Wildman–Crippen LogP) is 4.72. The molecule has 0 amide bonds. The van der Waals surface area contributed by atoms with Crippen LogP contribution in [0.4, 0.5) is 4.39 Å². The van der Waals surface area contributed by atoms with Gasteiger partial charge < -0.3 is 0 Å². The predicted molar refractivity (Wildman–Crippen MR) is 97.0 cm³/mol. The molecule has 0 aliphatic carbocycles. The lowest BCUT2D eigenvalue weighted by molar-refractivity contribution is 0.573. The molecule has 0 aliphatic rings. The summed E-state index contributed by atoms with van der Waals surface area (Å²) in [4.78, 5) is 1.01. The maximum absolute atomic E-state index is 13.2. The molecule has 0 spiro atoms. The maximum Gasteiger partial charge on any atom is 0.241 e. The van der Waals surface area contributed by atoms with Crippen LogP contribution in [0.2, 0.25) is 0 Å². The zero-order chi connectivity index (χ0) is 17.2. The summed E-state index contributed by atoms with van der Waals surface area (Å²) in [7, 11) is -3.72. The third kappa shape index (κ3) is 3.92. The second kappa shape index (κ2) is 7.14. The van der Waals surface area contributed by atoms with Crippen LogP contribution in [0.5, 0.6) is 0 Å². The van der Waals surface area contributed by atoms with Gasteiger partial charge in [-0.1, -0.05) is 34.1 Å². The van der Waals surface area contributed by atoms with E-state index in [9.17, 15) is 12.8 Å². The highest BCUT2D eigenvalue weighted by Gasteiger charge is 2.23. The Bertz CT molecular complexity index is 908. The molecule has 3 nitrogen and oxygen atoms in total. The normalized spacial score (nSPS) is 12.9. The Morgan fingerprint density at radius 1 is 1.00 bits per heavy atom. The summed E-state index contributed by atoms with van der Waals surface area (Å²) >= 11 is 4.73. The highest BCUT2D eigenvalue weighted by Crippen LogP contribution is 2.28. The van der Waals surface area contributed by atoms with Gasteiger partial charge in [-0.05, 0) is 53.4 Å². The molecule has 1 N–H and O–H groups in total. The van der Waals surface area contributed by atoms with E-state index in [-0.39, 0.29) is 10.7 Å². The zero-order valence-corrected chi connectivity index (χ0v) is 15.5. The molecule has 2 aromatic carbocycles. The fourth-order valence-corrected chi connectivity index (χ4v) is 4.58. The van der Waals surface area contributed by atoms with E-state index in [1.807, 2.05) is 17.5 Å². The molecule has 1 heterocycles. The van der Waals surface area contributed by atoms with Crippen molar-refractivity contribution < 1.29 is 12.8 Å². The van der Waals surface area contributed by atoms with Gasteiger partial charge in [0.15, 0.2) is 0 Å². The van der Waals surface area contributed by atoms with Crippen molar-refractivity contribution in [1.82, 2.24) is 4.72 Å². The van der Waals surface area contributed by atoms with E-state index in [0.717, 1.165) is 9.35 Å². The topological polar surface area (TPSA) is 46.2 Å². The Labute approximate surface area is 152 Å². The Morgan fingerprint density at radius 2 is 1.67 bits per heavy atom. The van der Waals surface area contributed by atoms with Crippen molar-refractivity contribution in [3.8, 4) is 0 Å². The number of thiophene rings is 1. The molecular formula is C17H13BrFNO2S2. The SMILES string of the molecule is O=S(=O)(N[C@H](c1ccc(F)cc1)c1cccs1)c1ccc(Br)cc1. The number of rotatable bonds is 5. The van der Waals surface area contributed by atoms with Crippen LogP contribution >= 0.6 is 27.3 Å². The number of hydrogen-bond donors (Lipinski definition) is 1. The highest BCUT2D eigenvalue weighted by atomic mass is 79.9. The van der Waals surface area contributed by atoms with Crippen molar-refractivity contribution in [2.45, 2.75) is 10.9 Å². The minimum absolute atomic E-state index is 0.175. The molecule has 3 aromatic rings. The van der Waals surface area contributed by atoms with Gasteiger partial charge in [0, 0.05) is 9.35 Å². The third-order valence-electron chi connectivity index (χ3n) is 3.43. The van der Waals surface area contributed by atoms with Crippen molar-refractivity contribution in [1.29, 1.82) is 0 Å². The first kappa shape index (κ1) is 17.3. The lowest BCUT2D eigenvalue weighted by atomic mass is 10.1. The van der Waals surface area contributed by atoms with E-state index in [0.29, 0.717) is 5.56 Å². The zero-order valence-electron chi connectivity index (χ0n) is 12.3. The minimum Gasteiger partial charge on any atom is -0.207 e. The van der Waals surface area contributed by atoms with Crippen LogP contribution in [-0.4, -0.2) is 8.42 Å². The summed E-state index contributed by atoms with van der Waals surface area (Å²) in [6.07, 6.45) is 0. The molecule has 1 aromatic heterocycles. The summed E-state index contributed by atoms with van der Waals surface area (Å²) in [6, 6.07) is 15.4. The lowest BCUT2D eigenvalue weighted by Crippen LogP contribution is -2.29. The van der Waals surface area contributed by atoms with Crippen LogP contribution in [0.25, 0.3) is 0 Å². The molecule has 7 heteroatoms. The van der Waals surface area contributed by atoms with Crippen molar-refractivity contribution in [3.05, 3.63) is 86.8 Å². The maximum atomic E-state index is 13.2. The smallest absolute Gasteiger partial charge is 0.207 e. The molecule has 1 atom stereocenters. The van der Waals surface area contributed by atoms with Gasteiger partial charge in [-0.15, -0.1) is 11.3 Å². The third-order valence-corrected chi connectivity index (χ3v) is 6.33. The molecular weight excluding hydrogens is 413 g/mol. The highest BCUT2D eigenvalue weighted by molar-refractivity contribution is 9.10. The minimum atomic E-state index is -3.72. The van der Waals surface area contributed by atoms with Gasteiger partial charge >= 0.3 is 0 Å². The first-order valence-corrected chi connectivity index (χ1v) is 10.2. The molecule has 3 rings (SSSR count). The van der Waals surface area contributed by atoms with Gasteiger partial charge in [0.2, 0.25) is 10.0 Å². The molecule has 0 saturated heterocycles. The quantitative estimate of drug-likeness (QED) is 0.642. The van der Waals surface area contributed by atoms with Gasteiger partial charge in [-0.25, -0.2) is 12.8 Å². The van der Waals surface area contributed by atoms with Crippen molar-refractivity contribution in [2.24, 2.45) is 0 Å². The van der Waals surface area contributed by atoms with Gasteiger partial charge in [0.25, 0.3) is 0 Å². The van der Waals surface area contributed by atoms with Crippen molar-refractivity contribution >= 4 is 37.3 Å². The van der Waals surface area contributed by atoms with Crippen LogP contribution in [0.1, 0.15) is 16.5 Å². The number of hydrogen-bond acceptors (Lipinski definition) is 3. The van der Waals surface area contributed by atoms with Gasteiger partial charge in [0.05, 0.1) is 10.9 Å². The first-order chi connectivity index (χ1) is 11.5. The monoisotopic (exact) mass is 425 g/mol. The fraction of sp³-hybridized carbons (Fsp3) is 0.0588. The van der Waals surface area contributed by atoms with E-state index in [2.05, 4.69) is 20.7 Å². The van der Waals surface area contributed by atoms with Gasteiger partial charge in [-0.2, -0.15) is 4.72 Å². The number of sulfonamides is 1. The number of halogens is 2. The molecule has 0 saturated carbocycles. The second-order valence-corrected chi connectivity index (χ2v) is 8.68. The van der Waals surface area contributed by atoms with Crippen LogP contribution in [0.15, 0.2) is 75.4 Å². The van der Waals surface area contributed by atoms with E-state index < -0.39 is 16.1 Å². The molecule has 0 aliphatic heterocycles. The molecule has 0 bridgehead atoms. The fourth-order valence-electron chi connectivity index (χ4n) is 2.24. The average molecular weight is 426 g/mol. The Morgan fingerprint density at radius 3 is 2.25 bits per heavy atom.